The maximum absolute atomic E-state index is 12.4. The molecule has 2 aromatic rings. The summed E-state index contributed by atoms with van der Waals surface area (Å²) in [6.45, 7) is 3.22. The molecule has 1 aliphatic heterocycles. The molecule has 146 valence electrons. The summed E-state index contributed by atoms with van der Waals surface area (Å²) in [5.41, 5.74) is 1.19. The van der Waals surface area contributed by atoms with Crippen LogP contribution in [0.4, 0.5) is 0 Å². The Morgan fingerprint density at radius 2 is 2.00 bits per heavy atom. The van der Waals surface area contributed by atoms with Crippen LogP contribution in [0, 0.1) is 17.2 Å². The third-order valence-electron chi connectivity index (χ3n) is 5.36. The number of hydrogen-bond donors (Lipinski definition) is 1. The Bertz CT molecular complexity index is 941. The molecule has 0 unspecified atom stereocenters. The van der Waals surface area contributed by atoms with E-state index in [1.165, 1.54) is 31.0 Å². The van der Waals surface area contributed by atoms with Crippen molar-refractivity contribution in [1.29, 1.82) is 5.26 Å². The fourth-order valence-electron chi connectivity index (χ4n) is 3.80. The minimum absolute atomic E-state index is 0.00305. The summed E-state index contributed by atoms with van der Waals surface area (Å²) in [4.78, 5) is 17.0. The Labute approximate surface area is 168 Å². The molecule has 2 aliphatic rings. The van der Waals surface area contributed by atoms with Crippen LogP contribution < -0.4 is 14.8 Å². The largest absolute Gasteiger partial charge is 0.486 e. The average molecular weight is 398 g/mol. The molecule has 28 heavy (non-hydrogen) atoms. The second-order valence-corrected chi connectivity index (χ2v) is 8.33. The van der Waals surface area contributed by atoms with Crippen LogP contribution in [-0.4, -0.2) is 35.9 Å². The van der Waals surface area contributed by atoms with E-state index < -0.39 is 0 Å². The number of thioether (sulfide) groups is 1. The van der Waals surface area contributed by atoms with Gasteiger partial charge in [0.05, 0.1) is 16.8 Å². The standard InChI is InChI=1S/C21H23N3O3S/c1-13-4-2-3-5-16(13)23-20(25)12-28-21-15(11-22)8-14-9-18-19(10-17(14)24-21)27-7-6-26-18/h8-10,13,16H,2-7,12H2,1H3,(H,23,25)/t13-,16+/m0/s1. The first-order chi connectivity index (χ1) is 13.6. The Balaban J connectivity index is 1.49. The maximum Gasteiger partial charge on any atom is 0.230 e. The van der Waals surface area contributed by atoms with E-state index in [0.29, 0.717) is 41.2 Å². The van der Waals surface area contributed by atoms with Crippen LogP contribution in [0.5, 0.6) is 11.5 Å². The Hall–Kier alpha value is -2.46. The van der Waals surface area contributed by atoms with Crippen LogP contribution in [0.2, 0.25) is 0 Å². The van der Waals surface area contributed by atoms with Crippen LogP contribution >= 0.6 is 11.8 Å². The summed E-state index contributed by atoms with van der Waals surface area (Å²) in [5.74, 6) is 2.10. The number of pyridine rings is 1. The van der Waals surface area contributed by atoms with Crippen molar-refractivity contribution < 1.29 is 14.3 Å². The molecule has 1 amide bonds. The molecular formula is C21H23N3O3S. The molecule has 1 aromatic heterocycles. The first kappa shape index (κ1) is 18.9. The van der Waals surface area contributed by atoms with Gasteiger partial charge in [-0.3, -0.25) is 4.79 Å². The molecule has 0 bridgehead atoms. The van der Waals surface area contributed by atoms with Gasteiger partial charge in [-0.2, -0.15) is 5.26 Å². The van der Waals surface area contributed by atoms with Crippen molar-refractivity contribution >= 4 is 28.6 Å². The number of nitrogens with zero attached hydrogens (tertiary/aromatic N) is 2. The van der Waals surface area contributed by atoms with E-state index in [1.807, 2.05) is 12.1 Å². The highest BCUT2D eigenvalue weighted by atomic mass is 32.2. The fraction of sp³-hybridized carbons (Fsp3) is 0.476. The van der Waals surface area contributed by atoms with Crippen molar-refractivity contribution in [1.82, 2.24) is 10.3 Å². The molecule has 7 heteroatoms. The first-order valence-corrected chi connectivity index (χ1v) is 10.7. The highest BCUT2D eigenvalue weighted by molar-refractivity contribution is 8.00. The molecule has 0 spiro atoms. The lowest BCUT2D eigenvalue weighted by Crippen LogP contribution is -2.41. The van der Waals surface area contributed by atoms with Gasteiger partial charge >= 0.3 is 0 Å². The summed E-state index contributed by atoms with van der Waals surface area (Å²) in [5, 5.41) is 14.1. The van der Waals surface area contributed by atoms with Crippen molar-refractivity contribution in [3.63, 3.8) is 0 Å². The van der Waals surface area contributed by atoms with E-state index in [-0.39, 0.29) is 17.7 Å². The predicted octanol–water partition coefficient (Wildman–Crippen LogP) is 3.66. The van der Waals surface area contributed by atoms with Crippen LogP contribution in [-0.2, 0) is 4.79 Å². The van der Waals surface area contributed by atoms with Crippen molar-refractivity contribution in [2.75, 3.05) is 19.0 Å². The lowest BCUT2D eigenvalue weighted by atomic mass is 9.86. The van der Waals surface area contributed by atoms with Gasteiger partial charge in [-0.25, -0.2) is 4.98 Å². The van der Waals surface area contributed by atoms with Gasteiger partial charge in [0, 0.05) is 17.5 Å². The number of ether oxygens (including phenoxy) is 2. The van der Waals surface area contributed by atoms with Gasteiger partial charge in [0.15, 0.2) is 11.5 Å². The van der Waals surface area contributed by atoms with Gasteiger partial charge in [0.1, 0.15) is 24.3 Å². The van der Waals surface area contributed by atoms with Gasteiger partial charge in [-0.05, 0) is 30.9 Å². The number of fused-ring (bicyclic) bond motifs is 2. The first-order valence-electron chi connectivity index (χ1n) is 9.70. The third kappa shape index (κ3) is 4.02. The number of benzene rings is 1. The lowest BCUT2D eigenvalue weighted by Gasteiger charge is -2.29. The van der Waals surface area contributed by atoms with Crippen LogP contribution in [0.25, 0.3) is 10.9 Å². The van der Waals surface area contributed by atoms with E-state index in [4.69, 9.17) is 9.47 Å². The topological polar surface area (TPSA) is 84.2 Å². The van der Waals surface area contributed by atoms with Crippen LogP contribution in [0.1, 0.15) is 38.2 Å². The molecule has 1 fully saturated rings. The molecule has 4 rings (SSSR count). The summed E-state index contributed by atoms with van der Waals surface area (Å²) < 4.78 is 11.2. The minimum Gasteiger partial charge on any atom is -0.486 e. The predicted molar refractivity (Wildman–Crippen MR) is 108 cm³/mol. The molecule has 2 heterocycles. The third-order valence-corrected chi connectivity index (χ3v) is 6.35. The number of hydrogen-bond acceptors (Lipinski definition) is 6. The zero-order valence-electron chi connectivity index (χ0n) is 15.9. The second kappa shape index (κ2) is 8.27. The highest BCUT2D eigenvalue weighted by Gasteiger charge is 2.23. The molecule has 2 atom stereocenters. The van der Waals surface area contributed by atoms with E-state index in [0.717, 1.165) is 17.3 Å². The van der Waals surface area contributed by atoms with Crippen molar-refractivity contribution in [2.45, 2.75) is 43.7 Å². The van der Waals surface area contributed by atoms with Crippen molar-refractivity contribution in [3.05, 3.63) is 23.8 Å². The fourth-order valence-corrected chi connectivity index (χ4v) is 4.57. The lowest BCUT2D eigenvalue weighted by molar-refractivity contribution is -0.119. The van der Waals surface area contributed by atoms with E-state index in [1.54, 1.807) is 6.07 Å². The monoisotopic (exact) mass is 397 g/mol. The van der Waals surface area contributed by atoms with Crippen LogP contribution in [0.15, 0.2) is 23.2 Å². The SMILES string of the molecule is C[C@H]1CCCC[C@H]1NC(=O)CSc1nc2cc3c(cc2cc1C#N)OCCO3. The van der Waals surface area contributed by atoms with E-state index >= 15 is 0 Å². The van der Waals surface area contributed by atoms with Gasteiger partial charge in [-0.1, -0.05) is 31.5 Å². The molecule has 0 saturated heterocycles. The zero-order valence-corrected chi connectivity index (χ0v) is 16.7. The quantitative estimate of drug-likeness (QED) is 0.793. The second-order valence-electron chi connectivity index (χ2n) is 7.37. The number of nitrogens with one attached hydrogen (secondary N) is 1. The number of carbonyl (C=O) groups excluding carboxylic acids is 1. The molecule has 1 N–H and O–H groups in total. The maximum atomic E-state index is 12.4. The highest BCUT2D eigenvalue weighted by Crippen LogP contribution is 2.35. The van der Waals surface area contributed by atoms with Gasteiger partial charge in [0.2, 0.25) is 5.91 Å². The molecule has 1 aromatic carbocycles. The Morgan fingerprint density at radius 1 is 1.25 bits per heavy atom. The molecule has 0 radical (unpaired) electrons. The zero-order chi connectivity index (χ0) is 19.5. The number of aromatic nitrogens is 1. The van der Waals surface area contributed by atoms with E-state index in [9.17, 15) is 10.1 Å². The average Bonchev–Trinajstić information content (AvgIpc) is 2.71. The van der Waals surface area contributed by atoms with Crippen molar-refractivity contribution in [3.8, 4) is 17.6 Å². The molecule has 1 saturated carbocycles. The van der Waals surface area contributed by atoms with E-state index in [2.05, 4.69) is 23.3 Å². The van der Waals surface area contributed by atoms with Crippen LogP contribution in [0.3, 0.4) is 0 Å². The van der Waals surface area contributed by atoms with Gasteiger partial charge in [-0.15, -0.1) is 0 Å². The number of rotatable bonds is 4. The summed E-state index contributed by atoms with van der Waals surface area (Å²) in [7, 11) is 0. The van der Waals surface area contributed by atoms with Crippen molar-refractivity contribution in [2.24, 2.45) is 5.92 Å². The number of carbonyl (C=O) groups is 1. The smallest absolute Gasteiger partial charge is 0.230 e. The Kier molecular flexibility index (Phi) is 5.58. The molecule has 1 aliphatic carbocycles. The molecule has 6 nitrogen and oxygen atoms in total. The summed E-state index contributed by atoms with van der Waals surface area (Å²) >= 11 is 1.30. The molecular weight excluding hydrogens is 374 g/mol. The summed E-state index contributed by atoms with van der Waals surface area (Å²) in [6.07, 6.45) is 4.62. The minimum atomic E-state index is -0.00305. The number of amides is 1. The van der Waals surface area contributed by atoms with Gasteiger partial charge < -0.3 is 14.8 Å². The summed E-state index contributed by atoms with van der Waals surface area (Å²) in [6, 6.07) is 7.93. The normalized spacial score (nSPS) is 21.1. The number of nitriles is 1. The van der Waals surface area contributed by atoms with Gasteiger partial charge in [0.25, 0.3) is 0 Å². The Morgan fingerprint density at radius 3 is 2.75 bits per heavy atom.